The SMILES string of the molecule is CC(C)(C)[Si](C)(C)OC[C@H]1O[C@@H](n2ccc(N[Si](C)(C)C)nc2=O)C(F)(F)[C@H]1O[Si](C)(C)C(C)(C)C. The summed E-state index contributed by atoms with van der Waals surface area (Å²) >= 11 is 0. The maximum atomic E-state index is 16.1. The summed E-state index contributed by atoms with van der Waals surface area (Å²) in [5, 5.41) is -0.377. The van der Waals surface area contributed by atoms with Crippen molar-refractivity contribution in [1.29, 1.82) is 0 Å². The van der Waals surface area contributed by atoms with Crippen LogP contribution < -0.4 is 10.7 Å². The van der Waals surface area contributed by atoms with Crippen molar-refractivity contribution >= 4 is 30.7 Å². The van der Waals surface area contributed by atoms with Crippen molar-refractivity contribution in [1.82, 2.24) is 9.55 Å². The summed E-state index contributed by atoms with van der Waals surface area (Å²) in [6.45, 7) is 26.5. The van der Waals surface area contributed by atoms with Gasteiger partial charge in [0.2, 0.25) is 6.23 Å². The van der Waals surface area contributed by atoms with Crippen molar-refractivity contribution < 1.29 is 22.4 Å². The van der Waals surface area contributed by atoms with Gasteiger partial charge >= 0.3 is 11.6 Å². The molecule has 1 aromatic rings. The third-order valence-electron chi connectivity index (χ3n) is 7.58. The fourth-order valence-corrected chi connectivity index (χ4v) is 6.51. The minimum Gasteiger partial charge on any atom is -0.414 e. The molecule has 1 aliphatic heterocycles. The maximum absolute atomic E-state index is 16.1. The van der Waals surface area contributed by atoms with E-state index < -0.39 is 54.9 Å². The Kier molecular flexibility index (Phi) is 8.68. The molecule has 0 spiro atoms. The fourth-order valence-electron chi connectivity index (χ4n) is 3.29. The predicted molar refractivity (Wildman–Crippen MR) is 150 cm³/mol. The van der Waals surface area contributed by atoms with Crippen LogP contribution in [0.25, 0.3) is 0 Å². The zero-order valence-electron chi connectivity index (χ0n) is 24.4. The maximum Gasteiger partial charge on any atom is 0.351 e. The number of anilines is 1. The number of halogens is 2. The smallest absolute Gasteiger partial charge is 0.351 e. The molecule has 1 saturated heterocycles. The number of ether oxygens (including phenoxy) is 1. The van der Waals surface area contributed by atoms with Crippen LogP contribution in [0.3, 0.4) is 0 Å². The molecule has 208 valence electrons. The van der Waals surface area contributed by atoms with E-state index in [1.807, 2.05) is 33.9 Å². The highest BCUT2D eigenvalue weighted by atomic mass is 28.4. The summed E-state index contributed by atoms with van der Waals surface area (Å²) < 4.78 is 51.5. The molecular formula is C24H47F2N3O4Si3. The number of nitrogens with zero attached hydrogens (tertiary/aromatic N) is 2. The van der Waals surface area contributed by atoms with Gasteiger partial charge in [0.15, 0.2) is 16.6 Å². The number of alkyl halides is 2. The summed E-state index contributed by atoms with van der Waals surface area (Å²) in [4.78, 5) is 20.1. The molecule has 0 radical (unpaired) electrons. The molecule has 36 heavy (non-hydrogen) atoms. The predicted octanol–water partition coefficient (Wildman–Crippen LogP) is 6.44. The zero-order chi connectivity index (χ0) is 28.1. The largest absolute Gasteiger partial charge is 0.414 e. The van der Waals surface area contributed by atoms with Gasteiger partial charge in [0.05, 0.1) is 6.61 Å². The fraction of sp³-hybridized carbons (Fsp3) is 0.833. The molecule has 1 aromatic heterocycles. The van der Waals surface area contributed by atoms with Gasteiger partial charge < -0.3 is 18.6 Å². The first kappa shape index (κ1) is 31.3. The molecule has 0 unspecified atom stereocenters. The van der Waals surface area contributed by atoms with Crippen molar-refractivity contribution in [2.45, 2.75) is 122 Å². The molecule has 0 bridgehead atoms. The Hall–Kier alpha value is -0.929. The minimum absolute atomic E-state index is 0.0285. The van der Waals surface area contributed by atoms with Gasteiger partial charge in [-0.15, -0.1) is 0 Å². The van der Waals surface area contributed by atoms with Crippen LogP contribution in [-0.4, -0.2) is 59.2 Å². The second kappa shape index (κ2) is 9.99. The van der Waals surface area contributed by atoms with Crippen LogP contribution in [0.4, 0.5) is 14.6 Å². The zero-order valence-corrected chi connectivity index (χ0v) is 27.4. The number of nitrogens with one attached hydrogen (secondary N) is 1. The lowest BCUT2D eigenvalue weighted by Gasteiger charge is -2.41. The Morgan fingerprint density at radius 3 is 2.00 bits per heavy atom. The van der Waals surface area contributed by atoms with Crippen LogP contribution in [-0.2, 0) is 13.6 Å². The highest BCUT2D eigenvalue weighted by Gasteiger charge is 2.63. The molecule has 3 atom stereocenters. The van der Waals surface area contributed by atoms with Crippen molar-refractivity contribution in [3.05, 3.63) is 22.7 Å². The number of rotatable bonds is 8. The Labute approximate surface area is 218 Å². The molecule has 7 nitrogen and oxygen atoms in total. The van der Waals surface area contributed by atoms with Gasteiger partial charge in [-0.25, -0.2) is 4.79 Å². The third kappa shape index (κ3) is 6.93. The van der Waals surface area contributed by atoms with Gasteiger partial charge in [-0.2, -0.15) is 13.8 Å². The Morgan fingerprint density at radius 2 is 1.56 bits per heavy atom. The first-order valence-electron chi connectivity index (χ1n) is 12.6. The molecule has 0 aliphatic carbocycles. The van der Waals surface area contributed by atoms with E-state index in [4.69, 9.17) is 13.6 Å². The molecule has 1 N–H and O–H groups in total. The summed E-state index contributed by atoms with van der Waals surface area (Å²) in [6, 6.07) is 1.54. The highest BCUT2D eigenvalue weighted by Crippen LogP contribution is 2.48. The van der Waals surface area contributed by atoms with Crippen molar-refractivity contribution in [2.24, 2.45) is 0 Å². The van der Waals surface area contributed by atoms with Crippen LogP contribution in [0.15, 0.2) is 17.1 Å². The van der Waals surface area contributed by atoms with Crippen LogP contribution in [0.2, 0.25) is 55.9 Å². The van der Waals surface area contributed by atoms with Crippen molar-refractivity contribution in [2.75, 3.05) is 11.6 Å². The summed E-state index contributed by atoms with van der Waals surface area (Å²) in [7, 11) is -6.62. The molecule has 2 heterocycles. The van der Waals surface area contributed by atoms with Crippen molar-refractivity contribution in [3.63, 3.8) is 0 Å². The van der Waals surface area contributed by atoms with E-state index in [9.17, 15) is 4.79 Å². The van der Waals surface area contributed by atoms with Gasteiger partial charge in [0.1, 0.15) is 26.3 Å². The summed E-state index contributed by atoms with van der Waals surface area (Å²) in [5.74, 6) is -3.08. The topological polar surface area (TPSA) is 74.6 Å². The number of aromatic nitrogens is 2. The van der Waals surface area contributed by atoms with Gasteiger partial charge in [0.25, 0.3) is 0 Å². The van der Waals surface area contributed by atoms with Gasteiger partial charge in [-0.3, -0.25) is 4.57 Å². The minimum atomic E-state index is -3.46. The van der Waals surface area contributed by atoms with E-state index in [1.54, 1.807) is 6.07 Å². The molecular weight excluding hydrogens is 517 g/mol. The van der Waals surface area contributed by atoms with E-state index in [-0.39, 0.29) is 16.7 Å². The third-order valence-corrected chi connectivity index (χ3v) is 17.5. The normalized spacial score (nSPS) is 23.7. The van der Waals surface area contributed by atoms with Gasteiger partial charge in [0, 0.05) is 6.20 Å². The van der Waals surface area contributed by atoms with Crippen molar-refractivity contribution in [3.8, 4) is 0 Å². The Bertz CT molecular complexity index is 983. The highest BCUT2D eigenvalue weighted by molar-refractivity contribution is 6.79. The Balaban J connectivity index is 2.46. The summed E-state index contributed by atoms with van der Waals surface area (Å²) in [5.41, 5.74) is -0.792. The van der Waals surface area contributed by atoms with Crippen LogP contribution >= 0.6 is 0 Å². The van der Waals surface area contributed by atoms with E-state index in [1.165, 1.54) is 6.20 Å². The second-order valence-corrected chi connectivity index (χ2v) is 28.3. The first-order valence-corrected chi connectivity index (χ1v) is 21.9. The molecule has 2 rings (SSSR count). The Morgan fingerprint density at radius 1 is 1.03 bits per heavy atom. The second-order valence-electron chi connectivity index (χ2n) is 13.9. The standard InChI is InChI=1S/C24H47F2N3O4Si3/c1-22(2,3)35(10,11)31-16-17-19(33-36(12,13)23(4,5)6)24(25,26)20(32-17)29-15-14-18(27-21(29)30)28-34(7,8)9/h14-15,17,19-20H,16H2,1-13H3,(H,27,28,30)/t17-,19+,20-/m1/s1. The first-order chi connectivity index (χ1) is 15.9. The quantitative estimate of drug-likeness (QED) is 0.367. The molecule has 0 amide bonds. The lowest BCUT2D eigenvalue weighted by molar-refractivity contribution is -0.138. The lowest BCUT2D eigenvalue weighted by Crippen LogP contribution is -2.53. The molecule has 0 saturated carbocycles. The van der Waals surface area contributed by atoms with Gasteiger partial charge in [-0.1, -0.05) is 61.2 Å². The molecule has 1 aliphatic rings. The lowest BCUT2D eigenvalue weighted by atomic mass is 10.1. The average Bonchev–Trinajstić information content (AvgIpc) is 2.87. The molecule has 12 heteroatoms. The number of hydrogen-bond donors (Lipinski definition) is 1. The monoisotopic (exact) mass is 563 g/mol. The van der Waals surface area contributed by atoms with Crippen LogP contribution in [0, 0.1) is 0 Å². The van der Waals surface area contributed by atoms with Crippen LogP contribution in [0.5, 0.6) is 0 Å². The van der Waals surface area contributed by atoms with Crippen LogP contribution in [0.1, 0.15) is 47.8 Å². The van der Waals surface area contributed by atoms with E-state index in [0.717, 1.165) is 4.57 Å². The van der Waals surface area contributed by atoms with E-state index >= 15 is 8.78 Å². The number of hydrogen-bond acceptors (Lipinski definition) is 6. The van der Waals surface area contributed by atoms with E-state index in [2.05, 4.69) is 63.5 Å². The molecule has 1 fully saturated rings. The molecule has 0 aromatic carbocycles. The van der Waals surface area contributed by atoms with E-state index in [0.29, 0.717) is 5.82 Å². The average molecular weight is 564 g/mol. The summed E-state index contributed by atoms with van der Waals surface area (Å²) in [6.07, 6.45) is -3.07. The van der Waals surface area contributed by atoms with Gasteiger partial charge in [-0.05, 0) is 42.3 Å².